The number of hydrogen-bond donors (Lipinski definition) is 2. The number of carbonyl (C=O) groups is 3. The van der Waals surface area contributed by atoms with Crippen molar-refractivity contribution >= 4 is 17.8 Å². The lowest BCUT2D eigenvalue weighted by Crippen LogP contribution is -2.43. The van der Waals surface area contributed by atoms with Crippen LogP contribution in [0.5, 0.6) is 0 Å². The van der Waals surface area contributed by atoms with Gasteiger partial charge in [-0.3, -0.25) is 14.5 Å². The lowest BCUT2D eigenvalue weighted by Gasteiger charge is -2.18. The fourth-order valence-electron chi connectivity index (χ4n) is 2.61. The third kappa shape index (κ3) is 3.10. The van der Waals surface area contributed by atoms with Crippen molar-refractivity contribution in [1.29, 1.82) is 0 Å². The van der Waals surface area contributed by atoms with Crippen molar-refractivity contribution < 1.29 is 23.2 Å². The number of amides is 4. The fourth-order valence-corrected chi connectivity index (χ4v) is 2.61. The second-order valence-electron chi connectivity index (χ2n) is 5.79. The summed E-state index contributed by atoms with van der Waals surface area (Å²) in [6.07, 6.45) is 1.39. The number of urea groups is 1. The van der Waals surface area contributed by atoms with Gasteiger partial charge in [-0.1, -0.05) is 18.2 Å². The average Bonchev–Trinajstić information content (AvgIpc) is 3.19. The Hall–Kier alpha value is -3.16. The summed E-state index contributed by atoms with van der Waals surface area (Å²) in [4.78, 5) is 37.5. The Kier molecular flexibility index (Phi) is 4.26. The Balaban J connectivity index is 1.64. The molecular weight excluding hydrogens is 329 g/mol. The van der Waals surface area contributed by atoms with Gasteiger partial charge in [0.25, 0.3) is 5.91 Å². The molecule has 3 rings (SSSR count). The van der Waals surface area contributed by atoms with Gasteiger partial charge in [0.15, 0.2) is 5.54 Å². The van der Waals surface area contributed by atoms with E-state index in [9.17, 15) is 18.8 Å². The maximum atomic E-state index is 13.5. The van der Waals surface area contributed by atoms with Crippen molar-refractivity contribution in [3.63, 3.8) is 0 Å². The van der Waals surface area contributed by atoms with Gasteiger partial charge in [0.05, 0.1) is 6.26 Å². The van der Waals surface area contributed by atoms with Crippen LogP contribution in [0.3, 0.4) is 0 Å². The maximum Gasteiger partial charge on any atom is 0.325 e. The van der Waals surface area contributed by atoms with E-state index in [1.165, 1.54) is 25.3 Å². The molecule has 0 saturated carbocycles. The molecule has 7 nitrogen and oxygen atoms in total. The van der Waals surface area contributed by atoms with Crippen LogP contribution < -0.4 is 10.6 Å². The molecule has 0 spiro atoms. The van der Waals surface area contributed by atoms with Crippen LogP contribution in [0.4, 0.5) is 9.18 Å². The Bertz CT molecular complexity index is 821. The van der Waals surface area contributed by atoms with Gasteiger partial charge in [0.2, 0.25) is 5.91 Å². The number of imide groups is 1. The molecule has 1 saturated heterocycles. The highest BCUT2D eigenvalue weighted by molar-refractivity contribution is 6.08. The molecule has 1 atom stereocenters. The zero-order valence-electron chi connectivity index (χ0n) is 13.4. The molecule has 2 aromatic rings. The molecule has 130 valence electrons. The zero-order valence-corrected chi connectivity index (χ0v) is 13.4. The Morgan fingerprint density at radius 3 is 2.72 bits per heavy atom. The predicted octanol–water partition coefficient (Wildman–Crippen LogP) is 1.50. The molecule has 8 heteroatoms. The number of furan rings is 1. The summed E-state index contributed by atoms with van der Waals surface area (Å²) >= 11 is 0. The van der Waals surface area contributed by atoms with E-state index in [0.717, 1.165) is 4.90 Å². The number of rotatable bonds is 5. The van der Waals surface area contributed by atoms with Gasteiger partial charge in [-0.25, -0.2) is 9.18 Å². The standard InChI is InChI=1S/C17H16FN3O4/c1-17(13-7-4-8-25-13)15(23)21(16(24)20-17)10-14(22)19-9-11-5-2-3-6-12(11)18/h2-8H,9-10H2,1H3,(H,19,22)(H,20,24)/t17-/m1/s1. The molecular formula is C17H16FN3O4. The van der Waals surface area contributed by atoms with Crippen molar-refractivity contribution in [2.45, 2.75) is 19.0 Å². The van der Waals surface area contributed by atoms with Gasteiger partial charge in [-0.15, -0.1) is 0 Å². The highest BCUT2D eigenvalue weighted by Gasteiger charge is 2.51. The fraction of sp³-hybridized carbons (Fsp3) is 0.235. The molecule has 1 fully saturated rings. The first kappa shape index (κ1) is 16.7. The molecule has 0 aliphatic carbocycles. The van der Waals surface area contributed by atoms with Crippen LogP contribution in [0.25, 0.3) is 0 Å². The van der Waals surface area contributed by atoms with E-state index in [2.05, 4.69) is 10.6 Å². The van der Waals surface area contributed by atoms with E-state index in [-0.39, 0.29) is 12.3 Å². The van der Waals surface area contributed by atoms with Crippen LogP contribution in [0.15, 0.2) is 47.1 Å². The largest absolute Gasteiger partial charge is 0.466 e. The Labute approximate surface area is 142 Å². The Morgan fingerprint density at radius 1 is 1.28 bits per heavy atom. The maximum absolute atomic E-state index is 13.5. The monoisotopic (exact) mass is 345 g/mol. The van der Waals surface area contributed by atoms with E-state index >= 15 is 0 Å². The summed E-state index contributed by atoms with van der Waals surface area (Å²) in [6, 6.07) is 8.50. The molecule has 1 aliphatic heterocycles. The highest BCUT2D eigenvalue weighted by Crippen LogP contribution is 2.28. The molecule has 0 unspecified atom stereocenters. The van der Waals surface area contributed by atoms with Crippen molar-refractivity contribution in [2.24, 2.45) is 0 Å². The smallest absolute Gasteiger partial charge is 0.325 e. The predicted molar refractivity (Wildman–Crippen MR) is 84.6 cm³/mol. The minimum absolute atomic E-state index is 0.0371. The van der Waals surface area contributed by atoms with Crippen molar-refractivity contribution in [3.8, 4) is 0 Å². The third-order valence-electron chi connectivity index (χ3n) is 4.02. The van der Waals surface area contributed by atoms with Crippen LogP contribution in [0.1, 0.15) is 18.2 Å². The van der Waals surface area contributed by atoms with Crippen LogP contribution >= 0.6 is 0 Å². The molecule has 2 N–H and O–H groups in total. The first-order valence-corrected chi connectivity index (χ1v) is 7.60. The summed E-state index contributed by atoms with van der Waals surface area (Å²) < 4.78 is 18.7. The summed E-state index contributed by atoms with van der Waals surface area (Å²) in [5.74, 6) is -1.33. The number of nitrogens with zero attached hydrogens (tertiary/aromatic N) is 1. The molecule has 1 aromatic heterocycles. The van der Waals surface area contributed by atoms with Crippen LogP contribution in [-0.4, -0.2) is 29.3 Å². The van der Waals surface area contributed by atoms with Gasteiger partial charge in [-0.2, -0.15) is 0 Å². The molecule has 4 amide bonds. The van der Waals surface area contributed by atoms with Crippen molar-refractivity contribution in [3.05, 3.63) is 59.8 Å². The topological polar surface area (TPSA) is 91.7 Å². The second kappa shape index (κ2) is 6.39. The number of hydrogen-bond acceptors (Lipinski definition) is 4. The normalized spacial score (nSPS) is 19.8. The van der Waals surface area contributed by atoms with Gasteiger partial charge in [-0.05, 0) is 25.1 Å². The first-order valence-electron chi connectivity index (χ1n) is 7.60. The van der Waals surface area contributed by atoms with E-state index in [0.29, 0.717) is 5.56 Å². The second-order valence-corrected chi connectivity index (χ2v) is 5.79. The third-order valence-corrected chi connectivity index (χ3v) is 4.02. The quantitative estimate of drug-likeness (QED) is 0.804. The van der Waals surface area contributed by atoms with E-state index in [1.807, 2.05) is 0 Å². The highest BCUT2D eigenvalue weighted by atomic mass is 19.1. The van der Waals surface area contributed by atoms with Gasteiger partial charge in [0, 0.05) is 12.1 Å². The minimum atomic E-state index is -1.35. The van der Waals surface area contributed by atoms with E-state index in [4.69, 9.17) is 4.42 Å². The molecule has 2 heterocycles. The van der Waals surface area contributed by atoms with Gasteiger partial charge in [0.1, 0.15) is 18.1 Å². The molecule has 25 heavy (non-hydrogen) atoms. The molecule has 0 radical (unpaired) electrons. The summed E-state index contributed by atoms with van der Waals surface area (Å²) in [6.45, 7) is 1.00. The van der Waals surface area contributed by atoms with Gasteiger partial charge < -0.3 is 15.1 Å². The van der Waals surface area contributed by atoms with E-state index < -0.39 is 35.7 Å². The number of halogens is 1. The SMILES string of the molecule is C[C@]1(c2ccco2)NC(=O)N(CC(=O)NCc2ccccc2F)C1=O. The molecule has 1 aliphatic rings. The van der Waals surface area contributed by atoms with E-state index in [1.54, 1.807) is 24.3 Å². The summed E-state index contributed by atoms with van der Waals surface area (Å²) in [5, 5.41) is 5.02. The number of nitrogens with one attached hydrogen (secondary N) is 2. The van der Waals surface area contributed by atoms with Gasteiger partial charge >= 0.3 is 6.03 Å². The molecule has 1 aromatic carbocycles. The summed E-state index contributed by atoms with van der Waals surface area (Å²) in [7, 11) is 0. The summed E-state index contributed by atoms with van der Waals surface area (Å²) in [5.41, 5.74) is -1.04. The zero-order chi connectivity index (χ0) is 18.0. The average molecular weight is 345 g/mol. The lowest BCUT2D eigenvalue weighted by molar-refractivity contribution is -0.135. The van der Waals surface area contributed by atoms with Crippen LogP contribution in [0, 0.1) is 5.82 Å². The molecule has 0 bridgehead atoms. The van der Waals surface area contributed by atoms with Crippen molar-refractivity contribution in [2.75, 3.05) is 6.54 Å². The minimum Gasteiger partial charge on any atom is -0.466 e. The number of carbonyl (C=O) groups excluding carboxylic acids is 3. The van der Waals surface area contributed by atoms with Crippen LogP contribution in [-0.2, 0) is 21.7 Å². The number of benzene rings is 1. The van der Waals surface area contributed by atoms with Crippen molar-refractivity contribution in [1.82, 2.24) is 15.5 Å². The first-order chi connectivity index (χ1) is 11.9. The van der Waals surface area contributed by atoms with Crippen LogP contribution in [0.2, 0.25) is 0 Å². The Morgan fingerprint density at radius 2 is 2.04 bits per heavy atom. The lowest BCUT2D eigenvalue weighted by atomic mass is 9.99.